The van der Waals surface area contributed by atoms with Gasteiger partial charge < -0.3 is 9.13 Å². The zero-order chi connectivity index (χ0) is 31.5. The van der Waals surface area contributed by atoms with Crippen LogP contribution >= 0.6 is 22.2 Å². The Bertz CT molecular complexity index is 1170. The molecule has 1 heterocycles. The molecule has 41 heavy (non-hydrogen) atoms. The number of hydrogen-bond donors (Lipinski definition) is 0. The number of anilines is 2. The fourth-order valence-corrected chi connectivity index (χ4v) is 22.6. The molecule has 3 rings (SSSR count). The van der Waals surface area contributed by atoms with Crippen LogP contribution in [0.2, 0.25) is 19.6 Å². The Morgan fingerprint density at radius 3 is 1.41 bits per heavy atom. The van der Waals surface area contributed by atoms with Gasteiger partial charge in [-0.25, -0.2) is 0 Å². The standard InChI is InChI=1S/C35H58Cl2N2Si2/c1-23(2)27-18-16-19-28(24(3)4)31(27)38-33(34(9,10)22-35(38,11)12)41(36,37)39(40(13,14)15)32-29(25(5)6)20-17-21-30(32)26(7)8/h16-21,23-26,33H,22H2,1-15H3. The summed E-state index contributed by atoms with van der Waals surface area (Å²) in [5.41, 5.74) is 8.02. The minimum Gasteiger partial charge on any atom is -0.400 e. The van der Waals surface area contributed by atoms with Gasteiger partial charge in [-0.1, -0.05) is 125 Å². The van der Waals surface area contributed by atoms with Gasteiger partial charge in [0.05, 0.1) is 5.67 Å². The second-order valence-corrected chi connectivity index (χ2v) is 27.5. The van der Waals surface area contributed by atoms with Gasteiger partial charge in [0, 0.05) is 16.9 Å². The number of benzene rings is 2. The summed E-state index contributed by atoms with van der Waals surface area (Å²) in [6, 6.07) is 13.7. The highest BCUT2D eigenvalue weighted by Gasteiger charge is 2.64. The quantitative estimate of drug-likeness (QED) is 0.200. The molecule has 1 aliphatic rings. The van der Waals surface area contributed by atoms with Crippen molar-refractivity contribution in [2.75, 3.05) is 9.13 Å². The van der Waals surface area contributed by atoms with Crippen LogP contribution in [-0.2, 0) is 0 Å². The lowest BCUT2D eigenvalue weighted by Gasteiger charge is -2.54. The van der Waals surface area contributed by atoms with Gasteiger partial charge in [0.15, 0.2) is 0 Å². The third-order valence-corrected chi connectivity index (χ3v) is 19.2. The van der Waals surface area contributed by atoms with Gasteiger partial charge in [0.25, 0.3) is 0 Å². The number of rotatable bonds is 9. The van der Waals surface area contributed by atoms with E-state index in [1.165, 1.54) is 33.6 Å². The molecule has 0 aliphatic carbocycles. The number of hydrogen-bond acceptors (Lipinski definition) is 2. The second-order valence-electron chi connectivity index (χ2n) is 16.0. The molecule has 1 saturated heterocycles. The Kier molecular flexibility index (Phi) is 9.99. The van der Waals surface area contributed by atoms with Gasteiger partial charge in [-0.05, 0) is 71.6 Å². The number of halogens is 2. The number of para-hydroxylation sites is 2. The Morgan fingerprint density at radius 2 is 1.07 bits per heavy atom. The van der Waals surface area contributed by atoms with E-state index in [4.69, 9.17) is 22.2 Å². The number of nitrogens with zero attached hydrogens (tertiary/aromatic N) is 2. The topological polar surface area (TPSA) is 6.48 Å². The van der Waals surface area contributed by atoms with Crippen LogP contribution < -0.4 is 9.13 Å². The van der Waals surface area contributed by atoms with Crippen LogP contribution in [0.1, 0.15) is 135 Å². The van der Waals surface area contributed by atoms with E-state index in [0.717, 1.165) is 6.42 Å². The molecule has 1 unspecified atom stereocenters. The largest absolute Gasteiger partial charge is 0.400 e. The molecule has 0 saturated carbocycles. The van der Waals surface area contributed by atoms with Gasteiger partial charge in [0.2, 0.25) is 0 Å². The van der Waals surface area contributed by atoms with Crippen LogP contribution in [0.15, 0.2) is 36.4 Å². The maximum absolute atomic E-state index is 8.22. The van der Waals surface area contributed by atoms with Crippen LogP contribution in [0.4, 0.5) is 11.4 Å². The molecule has 6 heteroatoms. The molecule has 0 spiro atoms. The maximum Gasteiger partial charge on any atom is 0.367 e. The highest BCUT2D eigenvalue weighted by atomic mass is 35.7. The molecule has 230 valence electrons. The summed E-state index contributed by atoms with van der Waals surface area (Å²) in [4.78, 5) is 2.73. The normalized spacial score (nSPS) is 19.2. The lowest BCUT2D eigenvalue weighted by molar-refractivity contribution is 0.355. The van der Waals surface area contributed by atoms with Crippen molar-refractivity contribution in [3.8, 4) is 0 Å². The second kappa shape index (κ2) is 11.9. The molecule has 1 aliphatic heterocycles. The van der Waals surface area contributed by atoms with Crippen LogP contribution in [-0.4, -0.2) is 26.3 Å². The highest BCUT2D eigenvalue weighted by Crippen LogP contribution is 2.57. The summed E-state index contributed by atoms with van der Waals surface area (Å²) < 4.78 is 2.65. The average Bonchev–Trinajstić information content (AvgIpc) is 3.00. The first-order chi connectivity index (χ1) is 18.6. The zero-order valence-corrected chi connectivity index (χ0v) is 32.2. The predicted octanol–water partition coefficient (Wildman–Crippen LogP) is 11.9. The SMILES string of the molecule is CC(C)c1cccc(C(C)C)c1N1C([Si](Cl)(Cl)N(c2c(C(C)C)cccc2C(C)C)[Si](C)(C)C)C(C)(C)CC1(C)C. The van der Waals surface area contributed by atoms with Gasteiger partial charge >= 0.3 is 6.86 Å². The molecule has 0 amide bonds. The van der Waals surface area contributed by atoms with E-state index in [2.05, 4.69) is 148 Å². The summed E-state index contributed by atoms with van der Waals surface area (Å²) in [5.74, 6) is 1.54. The fraction of sp³-hybridized carbons (Fsp3) is 0.657. The minimum atomic E-state index is -3.25. The van der Waals surface area contributed by atoms with Gasteiger partial charge in [-0.2, -0.15) is 0 Å². The molecule has 0 aromatic heterocycles. The molecule has 0 N–H and O–H groups in total. The van der Waals surface area contributed by atoms with Crippen molar-refractivity contribution in [1.82, 2.24) is 0 Å². The summed E-state index contributed by atoms with van der Waals surface area (Å²) in [6.45, 7) is 32.2. The minimum absolute atomic E-state index is 0.00214. The zero-order valence-electron chi connectivity index (χ0n) is 28.7. The van der Waals surface area contributed by atoms with Gasteiger partial charge in [-0.3, -0.25) is 0 Å². The van der Waals surface area contributed by atoms with Crippen molar-refractivity contribution in [2.45, 2.75) is 144 Å². The highest BCUT2D eigenvalue weighted by molar-refractivity contribution is 7.50. The van der Waals surface area contributed by atoms with Crippen molar-refractivity contribution in [1.29, 1.82) is 0 Å². The van der Waals surface area contributed by atoms with Gasteiger partial charge in [-0.15, -0.1) is 22.2 Å². The Morgan fingerprint density at radius 1 is 0.707 bits per heavy atom. The van der Waals surface area contributed by atoms with Crippen molar-refractivity contribution in [3.63, 3.8) is 0 Å². The van der Waals surface area contributed by atoms with Crippen molar-refractivity contribution < 1.29 is 0 Å². The van der Waals surface area contributed by atoms with Crippen LogP contribution in [0.3, 0.4) is 0 Å². The van der Waals surface area contributed by atoms with E-state index in [-0.39, 0.29) is 16.6 Å². The van der Waals surface area contributed by atoms with E-state index >= 15 is 0 Å². The maximum atomic E-state index is 8.22. The smallest absolute Gasteiger partial charge is 0.367 e. The molecular formula is C35H58Cl2N2Si2. The fourth-order valence-electron chi connectivity index (χ4n) is 7.67. The molecule has 2 aromatic carbocycles. The van der Waals surface area contributed by atoms with Crippen molar-refractivity contribution >= 4 is 48.6 Å². The average molecular weight is 634 g/mol. The van der Waals surface area contributed by atoms with Crippen LogP contribution in [0, 0.1) is 5.41 Å². The summed E-state index contributed by atoms with van der Waals surface area (Å²) >= 11 is 16.4. The van der Waals surface area contributed by atoms with E-state index in [1.807, 2.05) is 0 Å². The first-order valence-electron chi connectivity index (χ1n) is 15.8. The van der Waals surface area contributed by atoms with Crippen LogP contribution in [0.25, 0.3) is 0 Å². The molecule has 1 atom stereocenters. The summed E-state index contributed by atoms with van der Waals surface area (Å²) in [7, 11) is -2.09. The molecule has 0 bridgehead atoms. The summed E-state index contributed by atoms with van der Waals surface area (Å²) in [5, 5.41) is 0. The van der Waals surface area contributed by atoms with E-state index in [1.54, 1.807) is 0 Å². The first-order valence-corrected chi connectivity index (χ1v) is 23.3. The molecule has 2 aromatic rings. The molecular weight excluding hydrogens is 575 g/mol. The predicted molar refractivity (Wildman–Crippen MR) is 191 cm³/mol. The molecule has 0 radical (unpaired) electrons. The Balaban J connectivity index is 2.47. The third-order valence-electron chi connectivity index (χ3n) is 8.99. The van der Waals surface area contributed by atoms with Gasteiger partial charge in [0.1, 0.15) is 8.24 Å². The lowest BCUT2D eigenvalue weighted by Crippen LogP contribution is -2.70. The Hall–Kier alpha value is -0.946. The third kappa shape index (κ3) is 6.47. The molecule has 2 nitrogen and oxygen atoms in total. The molecule has 1 fully saturated rings. The van der Waals surface area contributed by atoms with Crippen LogP contribution in [0.5, 0.6) is 0 Å². The van der Waals surface area contributed by atoms with E-state index in [0.29, 0.717) is 23.7 Å². The van der Waals surface area contributed by atoms with E-state index in [9.17, 15) is 0 Å². The van der Waals surface area contributed by atoms with E-state index < -0.39 is 15.1 Å². The Labute approximate surface area is 264 Å². The van der Waals surface area contributed by atoms with Crippen molar-refractivity contribution in [3.05, 3.63) is 58.7 Å². The monoisotopic (exact) mass is 632 g/mol. The van der Waals surface area contributed by atoms with Crippen molar-refractivity contribution in [2.24, 2.45) is 5.41 Å². The summed E-state index contributed by atoms with van der Waals surface area (Å²) in [6.07, 6.45) is 1.03. The first kappa shape index (κ1) is 34.5. The lowest BCUT2D eigenvalue weighted by atomic mass is 9.85.